The largest absolute Gasteiger partial charge is 0.246 e. The van der Waals surface area contributed by atoms with Crippen LogP contribution in [0.2, 0.25) is 0 Å². The Morgan fingerprint density at radius 2 is 1.85 bits per heavy atom. The van der Waals surface area contributed by atoms with Gasteiger partial charge in [0.25, 0.3) is 0 Å². The smallest absolute Gasteiger partial charge is 0.207 e. The van der Waals surface area contributed by atoms with Crippen molar-refractivity contribution in [1.82, 2.24) is 13.1 Å². The zero-order valence-electron chi connectivity index (χ0n) is 14.1. The lowest BCUT2D eigenvalue weighted by atomic mass is 9.95. The second-order valence-corrected chi connectivity index (χ2v) is 9.75. The quantitative estimate of drug-likeness (QED) is 0.507. The van der Waals surface area contributed by atoms with Gasteiger partial charge in [-0.05, 0) is 41.1 Å². The van der Waals surface area contributed by atoms with Gasteiger partial charge in [0.2, 0.25) is 10.0 Å². The summed E-state index contributed by atoms with van der Waals surface area (Å²) < 4.78 is 37.4. The second-order valence-electron chi connectivity index (χ2n) is 6.37. The Labute approximate surface area is 165 Å². The second kappa shape index (κ2) is 6.49. The standard InChI is InChI=1S/C19H15N3O2S3/c23-27(24,17-8-4-7-15-18(17)21-26-20-15)22-11-9-16-14(10-12-25-16)19(22)13-5-2-1-3-6-13/h1-8,10,12,19H,9,11H2/t19-/m1/s1. The van der Waals surface area contributed by atoms with Crippen LogP contribution in [0.4, 0.5) is 0 Å². The zero-order chi connectivity index (χ0) is 18.4. The summed E-state index contributed by atoms with van der Waals surface area (Å²) in [6.45, 7) is 0.448. The number of benzene rings is 2. The molecule has 8 heteroatoms. The molecule has 0 saturated carbocycles. The fraction of sp³-hybridized carbons (Fsp3) is 0.158. The minimum absolute atomic E-state index is 0.230. The molecule has 2 aromatic carbocycles. The number of nitrogens with zero attached hydrogens (tertiary/aromatic N) is 3. The van der Waals surface area contributed by atoms with Crippen molar-refractivity contribution in [2.24, 2.45) is 0 Å². The van der Waals surface area contributed by atoms with Gasteiger partial charge in [-0.2, -0.15) is 13.1 Å². The molecule has 5 rings (SSSR count). The van der Waals surface area contributed by atoms with Crippen molar-refractivity contribution in [1.29, 1.82) is 0 Å². The summed E-state index contributed by atoms with van der Waals surface area (Å²) in [4.78, 5) is 1.48. The third kappa shape index (κ3) is 2.71. The normalized spacial score (nSPS) is 17.9. The van der Waals surface area contributed by atoms with Crippen molar-refractivity contribution in [2.45, 2.75) is 17.4 Å². The molecule has 0 unspecified atom stereocenters. The monoisotopic (exact) mass is 413 g/mol. The van der Waals surface area contributed by atoms with Crippen molar-refractivity contribution in [3.8, 4) is 0 Å². The van der Waals surface area contributed by atoms with Crippen LogP contribution in [0, 0.1) is 0 Å². The van der Waals surface area contributed by atoms with Gasteiger partial charge >= 0.3 is 0 Å². The maximum absolute atomic E-state index is 13.7. The molecule has 0 N–H and O–H groups in total. The van der Waals surface area contributed by atoms with E-state index >= 15 is 0 Å². The van der Waals surface area contributed by atoms with Gasteiger partial charge in [0.15, 0.2) is 0 Å². The lowest BCUT2D eigenvalue weighted by molar-refractivity contribution is 0.347. The topological polar surface area (TPSA) is 63.2 Å². The summed E-state index contributed by atoms with van der Waals surface area (Å²) >= 11 is 2.73. The van der Waals surface area contributed by atoms with E-state index in [1.807, 2.05) is 41.8 Å². The first-order chi connectivity index (χ1) is 13.2. The molecule has 136 valence electrons. The van der Waals surface area contributed by atoms with E-state index < -0.39 is 10.0 Å². The van der Waals surface area contributed by atoms with Gasteiger partial charge in [-0.3, -0.25) is 0 Å². The molecule has 0 saturated heterocycles. The van der Waals surface area contributed by atoms with Crippen LogP contribution in [-0.4, -0.2) is 28.0 Å². The van der Waals surface area contributed by atoms with Gasteiger partial charge < -0.3 is 0 Å². The molecular weight excluding hydrogens is 398 g/mol. The number of sulfonamides is 1. The van der Waals surface area contributed by atoms with Crippen molar-refractivity contribution in [3.63, 3.8) is 0 Å². The fourth-order valence-corrected chi connectivity index (χ4v) is 6.90. The number of aromatic nitrogens is 2. The molecule has 0 aliphatic carbocycles. The zero-order valence-corrected chi connectivity index (χ0v) is 16.6. The number of hydrogen-bond donors (Lipinski definition) is 0. The van der Waals surface area contributed by atoms with Gasteiger partial charge in [-0.15, -0.1) is 11.3 Å². The SMILES string of the molecule is O=S(=O)(c1cccc2nsnc12)N1CCc2sccc2[C@H]1c1ccccc1. The van der Waals surface area contributed by atoms with E-state index in [1.54, 1.807) is 33.8 Å². The molecule has 1 atom stereocenters. The predicted octanol–water partition coefficient (Wildman–Crippen LogP) is 4.09. The molecule has 5 nitrogen and oxygen atoms in total. The molecule has 3 heterocycles. The molecule has 1 aliphatic rings. The molecule has 27 heavy (non-hydrogen) atoms. The molecular formula is C19H15N3O2S3. The number of fused-ring (bicyclic) bond motifs is 2. The van der Waals surface area contributed by atoms with Crippen LogP contribution in [-0.2, 0) is 16.4 Å². The predicted molar refractivity (Wildman–Crippen MR) is 108 cm³/mol. The molecule has 1 aliphatic heterocycles. The highest BCUT2D eigenvalue weighted by Crippen LogP contribution is 2.41. The molecule has 0 spiro atoms. The van der Waals surface area contributed by atoms with Gasteiger partial charge in [0.1, 0.15) is 15.9 Å². The maximum atomic E-state index is 13.7. The lowest BCUT2D eigenvalue weighted by Gasteiger charge is -2.35. The summed E-state index contributed by atoms with van der Waals surface area (Å²) in [6.07, 6.45) is 0.723. The van der Waals surface area contributed by atoms with Crippen LogP contribution in [0.3, 0.4) is 0 Å². The highest BCUT2D eigenvalue weighted by Gasteiger charge is 2.38. The van der Waals surface area contributed by atoms with E-state index in [4.69, 9.17) is 0 Å². The third-order valence-electron chi connectivity index (χ3n) is 4.87. The van der Waals surface area contributed by atoms with E-state index in [1.165, 1.54) is 4.88 Å². The van der Waals surface area contributed by atoms with E-state index in [-0.39, 0.29) is 10.9 Å². The molecule has 0 amide bonds. The van der Waals surface area contributed by atoms with E-state index in [0.717, 1.165) is 29.3 Å². The van der Waals surface area contributed by atoms with Crippen molar-refractivity contribution in [3.05, 3.63) is 76.0 Å². The maximum Gasteiger partial charge on any atom is 0.246 e. The molecule has 0 radical (unpaired) electrons. The first kappa shape index (κ1) is 17.0. The average Bonchev–Trinajstić information content (AvgIpc) is 3.36. The Morgan fingerprint density at radius 1 is 1.00 bits per heavy atom. The highest BCUT2D eigenvalue weighted by atomic mass is 32.2. The van der Waals surface area contributed by atoms with Crippen LogP contribution in [0.1, 0.15) is 22.0 Å². The molecule has 2 aromatic heterocycles. The molecule has 0 bridgehead atoms. The van der Waals surface area contributed by atoms with Gasteiger partial charge in [-0.25, -0.2) is 8.42 Å². The number of thiophene rings is 1. The lowest BCUT2D eigenvalue weighted by Crippen LogP contribution is -2.40. The van der Waals surface area contributed by atoms with Crippen LogP contribution in [0.15, 0.2) is 64.9 Å². The van der Waals surface area contributed by atoms with Crippen LogP contribution in [0.25, 0.3) is 11.0 Å². The van der Waals surface area contributed by atoms with Gasteiger partial charge in [0, 0.05) is 11.4 Å². The number of hydrogen-bond acceptors (Lipinski definition) is 6. The number of rotatable bonds is 3. The van der Waals surface area contributed by atoms with E-state index in [9.17, 15) is 8.42 Å². The van der Waals surface area contributed by atoms with E-state index in [2.05, 4.69) is 8.75 Å². The Kier molecular flexibility index (Phi) is 4.08. The Balaban J connectivity index is 1.70. The first-order valence-corrected chi connectivity index (χ1v) is 11.6. The molecule has 4 aromatic rings. The Hall–Kier alpha value is -2.13. The first-order valence-electron chi connectivity index (χ1n) is 8.50. The summed E-state index contributed by atoms with van der Waals surface area (Å²) in [5.74, 6) is 0. The van der Waals surface area contributed by atoms with Crippen molar-refractivity contribution < 1.29 is 8.42 Å². The van der Waals surface area contributed by atoms with Crippen LogP contribution >= 0.6 is 23.1 Å². The summed E-state index contributed by atoms with van der Waals surface area (Å²) in [7, 11) is -3.73. The highest BCUT2D eigenvalue weighted by molar-refractivity contribution is 7.89. The average molecular weight is 414 g/mol. The summed E-state index contributed by atoms with van der Waals surface area (Å²) in [5, 5.41) is 2.04. The summed E-state index contributed by atoms with van der Waals surface area (Å²) in [5.41, 5.74) is 3.12. The minimum Gasteiger partial charge on any atom is -0.207 e. The Morgan fingerprint density at radius 3 is 2.70 bits per heavy atom. The van der Waals surface area contributed by atoms with Crippen LogP contribution < -0.4 is 0 Å². The Bertz CT molecular complexity index is 1220. The van der Waals surface area contributed by atoms with Crippen molar-refractivity contribution in [2.75, 3.05) is 6.54 Å². The minimum atomic E-state index is -3.73. The third-order valence-corrected chi connectivity index (χ3v) is 8.31. The fourth-order valence-electron chi connectivity index (χ4n) is 3.65. The van der Waals surface area contributed by atoms with Crippen LogP contribution in [0.5, 0.6) is 0 Å². The summed E-state index contributed by atoms with van der Waals surface area (Å²) in [6, 6.07) is 16.7. The van der Waals surface area contributed by atoms with Gasteiger partial charge in [-0.1, -0.05) is 36.4 Å². The van der Waals surface area contributed by atoms with Crippen molar-refractivity contribution >= 4 is 44.1 Å². The van der Waals surface area contributed by atoms with Gasteiger partial charge in [0.05, 0.1) is 17.8 Å². The van der Waals surface area contributed by atoms with E-state index in [0.29, 0.717) is 17.6 Å². The molecule has 0 fully saturated rings.